The van der Waals surface area contributed by atoms with Crippen LogP contribution in [0.25, 0.3) is 21.5 Å². The highest BCUT2D eigenvalue weighted by Gasteiger charge is 2.45. The molecule has 2 aliphatic heterocycles. The number of aliphatic hydroxyl groups is 1. The Morgan fingerprint density at radius 1 is 0.650 bits per heavy atom. The SMILES string of the molecule is CC(C)C1/C(=C/C2=Nc3c(ccc4ccccc34)C2(C)C)C(O)/C1=C\C1=Nc2c(ccc3ccccc23)C1(C)C. The third-order valence-electron chi connectivity index (χ3n) is 9.52. The van der Waals surface area contributed by atoms with Crippen molar-refractivity contribution in [2.24, 2.45) is 21.8 Å². The molecule has 1 fully saturated rings. The molecule has 1 N–H and O–H groups in total. The van der Waals surface area contributed by atoms with Gasteiger partial charge in [0.2, 0.25) is 0 Å². The molecule has 3 heteroatoms. The van der Waals surface area contributed by atoms with E-state index >= 15 is 0 Å². The van der Waals surface area contributed by atoms with Crippen molar-refractivity contribution >= 4 is 44.3 Å². The van der Waals surface area contributed by atoms with E-state index in [1.54, 1.807) is 0 Å². The average molecular weight is 525 g/mol. The second-order valence-corrected chi connectivity index (χ2v) is 13.0. The zero-order valence-corrected chi connectivity index (χ0v) is 24.2. The topological polar surface area (TPSA) is 45.0 Å². The van der Waals surface area contributed by atoms with Crippen molar-refractivity contribution in [2.75, 3.05) is 0 Å². The van der Waals surface area contributed by atoms with E-state index in [9.17, 15) is 5.11 Å². The number of aliphatic hydroxyl groups excluding tert-OH is 1. The third kappa shape index (κ3) is 3.47. The zero-order chi connectivity index (χ0) is 28.0. The number of rotatable bonds is 3. The first-order valence-corrected chi connectivity index (χ1v) is 14.4. The highest BCUT2D eigenvalue weighted by molar-refractivity contribution is 6.15. The van der Waals surface area contributed by atoms with Crippen molar-refractivity contribution in [1.82, 2.24) is 0 Å². The summed E-state index contributed by atoms with van der Waals surface area (Å²) in [6.45, 7) is 13.5. The molecule has 0 aromatic heterocycles. The highest BCUT2D eigenvalue weighted by Crippen LogP contribution is 2.50. The molecule has 1 aliphatic carbocycles. The van der Waals surface area contributed by atoms with E-state index in [-0.39, 0.29) is 16.7 Å². The summed E-state index contributed by atoms with van der Waals surface area (Å²) >= 11 is 0. The number of hydrogen-bond donors (Lipinski definition) is 1. The molecule has 200 valence electrons. The number of allylic oxidation sites excluding steroid dienone is 2. The maximum atomic E-state index is 11.6. The van der Waals surface area contributed by atoms with Gasteiger partial charge in [-0.2, -0.15) is 0 Å². The molecule has 3 nitrogen and oxygen atoms in total. The summed E-state index contributed by atoms with van der Waals surface area (Å²) in [5.74, 6) is 0.510. The Kier molecular flexibility index (Phi) is 5.40. The van der Waals surface area contributed by atoms with Gasteiger partial charge in [-0.25, -0.2) is 0 Å². The van der Waals surface area contributed by atoms with Crippen LogP contribution in [0.2, 0.25) is 0 Å². The van der Waals surface area contributed by atoms with Crippen LogP contribution in [-0.4, -0.2) is 22.6 Å². The van der Waals surface area contributed by atoms with Gasteiger partial charge in [-0.1, -0.05) is 114 Å². The summed E-state index contributed by atoms with van der Waals surface area (Å²) in [4.78, 5) is 10.4. The van der Waals surface area contributed by atoms with Crippen LogP contribution in [0.15, 0.2) is 106 Å². The maximum absolute atomic E-state index is 11.6. The minimum absolute atomic E-state index is 0.160. The van der Waals surface area contributed by atoms with E-state index in [0.717, 1.165) is 33.9 Å². The molecule has 0 bridgehead atoms. The van der Waals surface area contributed by atoms with Gasteiger partial charge in [0.15, 0.2) is 0 Å². The minimum atomic E-state index is -0.620. The van der Waals surface area contributed by atoms with Gasteiger partial charge in [-0.3, -0.25) is 9.98 Å². The van der Waals surface area contributed by atoms with Gasteiger partial charge in [0.25, 0.3) is 0 Å². The molecule has 0 amide bonds. The summed E-state index contributed by atoms with van der Waals surface area (Å²) in [5.41, 5.74) is 8.33. The van der Waals surface area contributed by atoms with E-state index in [1.165, 1.54) is 32.7 Å². The van der Waals surface area contributed by atoms with Crippen molar-refractivity contribution < 1.29 is 5.11 Å². The van der Waals surface area contributed by atoms with E-state index in [2.05, 4.69) is 126 Å². The van der Waals surface area contributed by atoms with Crippen LogP contribution in [-0.2, 0) is 10.8 Å². The number of hydrogen-bond acceptors (Lipinski definition) is 3. The van der Waals surface area contributed by atoms with E-state index in [1.807, 2.05) is 0 Å². The third-order valence-corrected chi connectivity index (χ3v) is 9.52. The van der Waals surface area contributed by atoms with Gasteiger partial charge in [0.05, 0.1) is 28.9 Å². The molecule has 0 radical (unpaired) electrons. The molecule has 1 saturated carbocycles. The lowest BCUT2D eigenvalue weighted by atomic mass is 9.64. The van der Waals surface area contributed by atoms with Crippen LogP contribution in [0, 0.1) is 11.8 Å². The second-order valence-electron chi connectivity index (χ2n) is 13.0. The summed E-state index contributed by atoms with van der Waals surface area (Å²) in [5, 5.41) is 16.4. The van der Waals surface area contributed by atoms with Crippen LogP contribution < -0.4 is 0 Å². The van der Waals surface area contributed by atoms with Crippen LogP contribution in [0.3, 0.4) is 0 Å². The summed E-state index contributed by atoms with van der Waals surface area (Å²) in [7, 11) is 0. The molecule has 0 atom stereocenters. The predicted octanol–water partition coefficient (Wildman–Crippen LogP) is 8.92. The summed E-state index contributed by atoms with van der Waals surface area (Å²) in [6.07, 6.45) is 3.75. The fourth-order valence-electron chi connectivity index (χ4n) is 7.03. The van der Waals surface area contributed by atoms with Crippen molar-refractivity contribution in [2.45, 2.75) is 58.5 Å². The van der Waals surface area contributed by atoms with Crippen LogP contribution in [0.5, 0.6) is 0 Å². The molecule has 4 aromatic rings. The van der Waals surface area contributed by atoms with Crippen molar-refractivity contribution in [3.8, 4) is 0 Å². The molecular formula is C37H36N2O. The normalized spacial score (nSPS) is 24.4. The van der Waals surface area contributed by atoms with Crippen molar-refractivity contribution in [1.29, 1.82) is 0 Å². The second kappa shape index (κ2) is 8.59. The van der Waals surface area contributed by atoms with Gasteiger partial charge in [0, 0.05) is 27.5 Å². The van der Waals surface area contributed by atoms with Crippen LogP contribution >= 0.6 is 0 Å². The Hall–Kier alpha value is -3.82. The molecular weight excluding hydrogens is 488 g/mol. The molecule has 0 spiro atoms. The Morgan fingerprint density at radius 2 is 1.07 bits per heavy atom. The predicted molar refractivity (Wildman–Crippen MR) is 169 cm³/mol. The van der Waals surface area contributed by atoms with Crippen LogP contribution in [0.4, 0.5) is 11.4 Å². The van der Waals surface area contributed by atoms with E-state index in [4.69, 9.17) is 9.98 Å². The van der Waals surface area contributed by atoms with E-state index in [0.29, 0.717) is 5.92 Å². The fourth-order valence-corrected chi connectivity index (χ4v) is 7.03. The first kappa shape index (κ1) is 25.2. The van der Waals surface area contributed by atoms with Gasteiger partial charge in [-0.05, 0) is 51.1 Å². The van der Waals surface area contributed by atoms with Gasteiger partial charge in [-0.15, -0.1) is 0 Å². The standard InChI is InChI=1S/C37H36N2O/c1-21(2)32-26(19-30-36(3,4)28-17-15-22-11-7-9-13-24(22)33(28)38-30)35(40)27(32)20-31-37(5,6)29-18-16-23-12-8-10-14-25(23)34(29)39-31/h7-21,32,35,40H,1-6H3/b26-19-,27-20-. The lowest BCUT2D eigenvalue weighted by Crippen LogP contribution is -2.41. The van der Waals surface area contributed by atoms with Crippen molar-refractivity contribution in [3.63, 3.8) is 0 Å². The number of aliphatic imine (C=N–C) groups is 2. The highest BCUT2D eigenvalue weighted by atomic mass is 16.3. The molecule has 3 aliphatic rings. The minimum Gasteiger partial charge on any atom is -0.384 e. The Bertz CT molecular complexity index is 1720. The summed E-state index contributed by atoms with van der Waals surface area (Å²) in [6, 6.07) is 25.7. The molecule has 0 saturated heterocycles. The first-order valence-electron chi connectivity index (χ1n) is 14.4. The number of benzene rings is 4. The first-order chi connectivity index (χ1) is 19.1. The van der Waals surface area contributed by atoms with Gasteiger partial charge in [0.1, 0.15) is 0 Å². The molecule has 7 rings (SSSR count). The molecule has 0 unspecified atom stereocenters. The van der Waals surface area contributed by atoms with Crippen molar-refractivity contribution in [3.05, 3.63) is 107 Å². The Labute approximate surface area is 236 Å². The molecule has 2 heterocycles. The van der Waals surface area contributed by atoms with E-state index < -0.39 is 6.10 Å². The summed E-state index contributed by atoms with van der Waals surface area (Å²) < 4.78 is 0. The number of fused-ring (bicyclic) bond motifs is 6. The van der Waals surface area contributed by atoms with Crippen LogP contribution in [0.1, 0.15) is 52.7 Å². The van der Waals surface area contributed by atoms with Gasteiger partial charge < -0.3 is 5.11 Å². The average Bonchev–Trinajstić information content (AvgIpc) is 3.35. The lowest BCUT2D eigenvalue weighted by molar-refractivity contribution is 0.165. The molecule has 40 heavy (non-hydrogen) atoms. The molecule has 4 aromatic carbocycles. The van der Waals surface area contributed by atoms with Gasteiger partial charge >= 0.3 is 0 Å². The fraction of sp³-hybridized carbons (Fsp3) is 0.297. The number of nitrogens with zero attached hydrogens (tertiary/aromatic N) is 2. The lowest BCUT2D eigenvalue weighted by Gasteiger charge is -2.43. The monoisotopic (exact) mass is 524 g/mol. The quantitative estimate of drug-likeness (QED) is 0.286. The Morgan fingerprint density at radius 3 is 1.50 bits per heavy atom. The Balaban J connectivity index is 1.28. The smallest absolute Gasteiger partial charge is 0.0980 e. The zero-order valence-electron chi connectivity index (χ0n) is 24.2. The largest absolute Gasteiger partial charge is 0.384 e. The maximum Gasteiger partial charge on any atom is 0.0980 e.